The van der Waals surface area contributed by atoms with Crippen LogP contribution in [-0.2, 0) is 16.4 Å². The third-order valence-electron chi connectivity index (χ3n) is 6.47. The molecule has 2 heterocycles. The predicted molar refractivity (Wildman–Crippen MR) is 121 cm³/mol. The maximum absolute atomic E-state index is 14.1. The molecule has 0 aliphatic carbocycles. The van der Waals surface area contributed by atoms with Crippen LogP contribution in [0.4, 0.5) is 14.5 Å². The molecule has 0 radical (unpaired) electrons. The second kappa shape index (κ2) is 9.43. The average molecular weight is 465 g/mol. The number of hydrogen-bond acceptors (Lipinski definition) is 5. The van der Waals surface area contributed by atoms with Gasteiger partial charge in [-0.15, -0.1) is 0 Å². The molecule has 6 nitrogen and oxygen atoms in total. The lowest BCUT2D eigenvalue weighted by Gasteiger charge is -2.39. The van der Waals surface area contributed by atoms with Gasteiger partial charge in [-0.25, -0.2) is 21.9 Å². The summed E-state index contributed by atoms with van der Waals surface area (Å²) in [6.45, 7) is 4.54. The van der Waals surface area contributed by atoms with Crippen molar-refractivity contribution in [2.24, 2.45) is 0 Å². The Labute approximate surface area is 188 Å². The Morgan fingerprint density at radius 1 is 1.00 bits per heavy atom. The first-order chi connectivity index (χ1) is 15.2. The first kappa shape index (κ1) is 23.1. The third-order valence-corrected chi connectivity index (χ3v) is 7.92. The van der Waals surface area contributed by atoms with Crippen molar-refractivity contribution in [2.45, 2.75) is 23.8 Å². The summed E-state index contributed by atoms with van der Waals surface area (Å²) < 4.78 is 55.6. The number of fused-ring (bicyclic) bond motifs is 1. The molecular weight excluding hydrogens is 434 g/mol. The van der Waals surface area contributed by atoms with Crippen molar-refractivity contribution in [3.05, 3.63) is 59.2 Å². The van der Waals surface area contributed by atoms with Crippen LogP contribution in [0, 0.1) is 11.6 Å². The van der Waals surface area contributed by atoms with E-state index in [0.29, 0.717) is 6.07 Å². The maximum Gasteiger partial charge on any atom is 0.243 e. The number of hydrogen-bond donors (Lipinski definition) is 1. The molecule has 0 bridgehead atoms. The van der Waals surface area contributed by atoms with Crippen molar-refractivity contribution < 1.29 is 17.2 Å². The molecule has 174 valence electrons. The minimum atomic E-state index is -4.12. The highest BCUT2D eigenvalue weighted by atomic mass is 32.2. The summed E-state index contributed by atoms with van der Waals surface area (Å²) in [6.07, 6.45) is 2.08. The minimum absolute atomic E-state index is 0.109. The molecule has 0 aromatic heterocycles. The van der Waals surface area contributed by atoms with E-state index in [1.54, 1.807) is 0 Å². The summed E-state index contributed by atoms with van der Waals surface area (Å²) in [5.41, 5.74) is 3.53. The molecule has 1 fully saturated rings. The van der Waals surface area contributed by atoms with Gasteiger partial charge in [0.15, 0.2) is 0 Å². The van der Waals surface area contributed by atoms with E-state index in [9.17, 15) is 17.2 Å². The lowest BCUT2D eigenvalue weighted by Crippen LogP contribution is -2.48. The number of anilines is 1. The molecule has 0 saturated carbocycles. The van der Waals surface area contributed by atoms with Gasteiger partial charge in [-0.3, -0.25) is 4.90 Å². The van der Waals surface area contributed by atoms with Crippen LogP contribution in [0.5, 0.6) is 0 Å². The smallest absolute Gasteiger partial charge is 0.243 e. The summed E-state index contributed by atoms with van der Waals surface area (Å²) in [5, 5.41) is 0. The molecule has 9 heteroatoms. The van der Waals surface area contributed by atoms with Gasteiger partial charge in [0.1, 0.15) is 16.5 Å². The van der Waals surface area contributed by atoms with Gasteiger partial charge in [0, 0.05) is 64.1 Å². The number of sulfonamides is 1. The molecule has 2 aromatic carbocycles. The van der Waals surface area contributed by atoms with E-state index in [2.05, 4.69) is 51.7 Å². The van der Waals surface area contributed by atoms with Crippen LogP contribution in [0.1, 0.15) is 23.6 Å². The number of nitrogens with zero attached hydrogens (tertiary/aromatic N) is 3. The number of rotatable bonds is 6. The van der Waals surface area contributed by atoms with Crippen LogP contribution in [0.2, 0.25) is 0 Å². The van der Waals surface area contributed by atoms with Gasteiger partial charge in [0.2, 0.25) is 10.0 Å². The number of benzene rings is 2. The van der Waals surface area contributed by atoms with E-state index in [0.717, 1.165) is 63.3 Å². The second-order valence-electron chi connectivity index (χ2n) is 8.69. The Morgan fingerprint density at radius 3 is 2.47 bits per heavy atom. The molecule has 1 N–H and O–H groups in total. The molecule has 32 heavy (non-hydrogen) atoms. The zero-order valence-corrected chi connectivity index (χ0v) is 19.3. The van der Waals surface area contributed by atoms with Gasteiger partial charge in [-0.1, -0.05) is 12.1 Å². The number of nitrogens with one attached hydrogen (secondary N) is 1. The van der Waals surface area contributed by atoms with E-state index >= 15 is 0 Å². The molecule has 2 aliphatic rings. The van der Waals surface area contributed by atoms with Gasteiger partial charge >= 0.3 is 0 Å². The monoisotopic (exact) mass is 464 g/mol. The largest absolute Gasteiger partial charge is 0.374 e. The Morgan fingerprint density at radius 2 is 1.75 bits per heavy atom. The van der Waals surface area contributed by atoms with E-state index in [1.165, 1.54) is 11.3 Å². The number of likely N-dealkylation sites (N-methyl/N-ethyl adjacent to an activating group) is 1. The summed E-state index contributed by atoms with van der Waals surface area (Å²) in [5.74, 6) is -1.90. The molecule has 1 atom stereocenters. The molecule has 0 amide bonds. The van der Waals surface area contributed by atoms with Crippen molar-refractivity contribution in [2.75, 3.05) is 58.3 Å². The fourth-order valence-corrected chi connectivity index (χ4v) is 5.66. The zero-order chi connectivity index (χ0) is 22.9. The Kier molecular flexibility index (Phi) is 6.80. The summed E-state index contributed by atoms with van der Waals surface area (Å²) in [7, 11) is 0.0315. The van der Waals surface area contributed by atoms with E-state index < -0.39 is 26.6 Å². The van der Waals surface area contributed by atoms with Gasteiger partial charge in [-0.2, -0.15) is 0 Å². The van der Waals surface area contributed by atoms with Crippen LogP contribution < -0.4 is 9.62 Å². The third kappa shape index (κ3) is 4.96. The first-order valence-electron chi connectivity index (χ1n) is 11.0. The van der Waals surface area contributed by atoms with Crippen LogP contribution in [0.3, 0.4) is 0 Å². The molecule has 4 rings (SSSR count). The van der Waals surface area contributed by atoms with Crippen LogP contribution in [0.15, 0.2) is 41.3 Å². The van der Waals surface area contributed by atoms with Crippen molar-refractivity contribution in [3.8, 4) is 0 Å². The molecule has 2 aliphatic heterocycles. The average Bonchev–Trinajstić information content (AvgIpc) is 2.75. The maximum atomic E-state index is 14.1. The molecule has 0 spiro atoms. The SMILES string of the molecule is CN1CCN([C@H](CNS(=O)(=O)c2ccc(F)cc2F)c2ccc3c(c2)CCCN3C)CC1. The molecule has 2 aromatic rings. The van der Waals surface area contributed by atoms with Crippen molar-refractivity contribution in [1.82, 2.24) is 14.5 Å². The molecular formula is C23H30F2N4O2S. The Bertz CT molecular complexity index is 1070. The normalized spacial score (nSPS) is 19.1. The van der Waals surface area contributed by atoms with Gasteiger partial charge in [0.25, 0.3) is 0 Å². The zero-order valence-electron chi connectivity index (χ0n) is 18.5. The Hall–Kier alpha value is -2.07. The standard InChI is InChI=1S/C23H30F2N4O2S/c1-27-10-12-29(13-11-27)22(18-5-7-21-17(14-18)4-3-9-28(21)2)16-26-32(30,31)23-8-6-19(24)15-20(23)25/h5-8,14-15,22,26H,3-4,9-13,16H2,1-2H3/t22-/m1/s1. The quantitative estimate of drug-likeness (QED) is 0.712. The highest BCUT2D eigenvalue weighted by Crippen LogP contribution is 2.31. The van der Waals surface area contributed by atoms with Crippen molar-refractivity contribution >= 4 is 15.7 Å². The molecule has 1 saturated heterocycles. The minimum Gasteiger partial charge on any atom is -0.374 e. The van der Waals surface area contributed by atoms with E-state index in [1.807, 2.05) is 0 Å². The number of piperazine rings is 1. The van der Waals surface area contributed by atoms with E-state index in [-0.39, 0.29) is 12.6 Å². The lowest BCUT2D eigenvalue weighted by molar-refractivity contribution is 0.113. The highest BCUT2D eigenvalue weighted by molar-refractivity contribution is 7.89. The summed E-state index contributed by atoms with van der Waals surface area (Å²) in [6, 6.07) is 8.69. The van der Waals surface area contributed by atoms with Crippen LogP contribution in [-0.4, -0.2) is 71.6 Å². The van der Waals surface area contributed by atoms with Gasteiger partial charge in [0.05, 0.1) is 0 Å². The second-order valence-corrected chi connectivity index (χ2v) is 10.4. The van der Waals surface area contributed by atoms with Gasteiger partial charge < -0.3 is 9.80 Å². The fourth-order valence-electron chi connectivity index (χ4n) is 4.56. The topological polar surface area (TPSA) is 55.9 Å². The number of halogens is 2. The Balaban J connectivity index is 1.60. The summed E-state index contributed by atoms with van der Waals surface area (Å²) in [4.78, 5) is 6.22. The predicted octanol–water partition coefficient (Wildman–Crippen LogP) is 2.61. The van der Waals surface area contributed by atoms with Crippen molar-refractivity contribution in [1.29, 1.82) is 0 Å². The van der Waals surface area contributed by atoms with Crippen LogP contribution in [0.25, 0.3) is 0 Å². The van der Waals surface area contributed by atoms with Crippen LogP contribution >= 0.6 is 0 Å². The van der Waals surface area contributed by atoms with Gasteiger partial charge in [-0.05, 0) is 49.2 Å². The summed E-state index contributed by atoms with van der Waals surface area (Å²) >= 11 is 0. The van der Waals surface area contributed by atoms with Crippen molar-refractivity contribution in [3.63, 3.8) is 0 Å². The first-order valence-corrected chi connectivity index (χ1v) is 12.4. The number of aryl methyl sites for hydroxylation is 1. The lowest BCUT2D eigenvalue weighted by atomic mass is 9.95. The highest BCUT2D eigenvalue weighted by Gasteiger charge is 2.28. The fraction of sp³-hybridized carbons (Fsp3) is 0.478. The molecule has 0 unspecified atom stereocenters. The van der Waals surface area contributed by atoms with E-state index in [4.69, 9.17) is 0 Å².